The molecule has 0 amide bonds. The van der Waals surface area contributed by atoms with Crippen LogP contribution in [0.25, 0.3) is 0 Å². The third kappa shape index (κ3) is 2.97. The number of esters is 1. The zero-order valence-corrected chi connectivity index (χ0v) is 9.60. The van der Waals surface area contributed by atoms with E-state index in [-0.39, 0.29) is 0 Å². The molecule has 0 heterocycles. The van der Waals surface area contributed by atoms with Crippen LogP contribution in [0.5, 0.6) is 5.75 Å². The first-order chi connectivity index (χ1) is 7.70. The number of carbonyl (C=O) groups is 1. The third-order valence-corrected chi connectivity index (χ3v) is 2.09. The van der Waals surface area contributed by atoms with Crippen LogP contribution in [0.1, 0.15) is 25.5 Å². The maximum absolute atomic E-state index is 11.5. The second-order valence-electron chi connectivity index (χ2n) is 3.20. The summed E-state index contributed by atoms with van der Waals surface area (Å²) < 4.78 is 10.3. The van der Waals surface area contributed by atoms with Crippen molar-refractivity contribution in [1.82, 2.24) is 0 Å². The minimum absolute atomic E-state index is 0.323. The van der Waals surface area contributed by atoms with E-state index in [2.05, 4.69) is 0 Å². The molecule has 1 aromatic rings. The van der Waals surface area contributed by atoms with Crippen LogP contribution in [0.15, 0.2) is 24.3 Å². The lowest BCUT2D eigenvalue weighted by Crippen LogP contribution is -2.24. The topological polar surface area (TPSA) is 61.5 Å². The number of hydrogen-bond acceptors (Lipinski definition) is 4. The normalized spacial score (nSPS) is 11.9. The third-order valence-electron chi connectivity index (χ3n) is 2.09. The highest BCUT2D eigenvalue weighted by atomic mass is 16.5. The van der Waals surface area contributed by atoms with Gasteiger partial charge in [0.2, 0.25) is 0 Å². The lowest BCUT2D eigenvalue weighted by Gasteiger charge is -2.15. The van der Waals surface area contributed by atoms with Gasteiger partial charge in [-0.25, -0.2) is 4.79 Å². The average Bonchev–Trinajstić information content (AvgIpc) is 2.29. The number of benzene rings is 1. The largest absolute Gasteiger partial charge is 0.494 e. The van der Waals surface area contributed by atoms with Crippen LogP contribution < -0.4 is 10.5 Å². The fraction of sp³-hybridized carbons (Fsp3) is 0.417. The molecule has 4 heteroatoms. The fourth-order valence-corrected chi connectivity index (χ4v) is 1.38. The Balaban J connectivity index is 2.89. The predicted octanol–water partition coefficient (Wildman–Crippen LogP) is 1.65. The van der Waals surface area contributed by atoms with Crippen molar-refractivity contribution in [3.8, 4) is 5.75 Å². The van der Waals surface area contributed by atoms with E-state index in [0.29, 0.717) is 24.5 Å². The van der Waals surface area contributed by atoms with Crippen LogP contribution in [0, 0.1) is 0 Å². The van der Waals surface area contributed by atoms with Crippen molar-refractivity contribution < 1.29 is 14.3 Å². The quantitative estimate of drug-likeness (QED) is 0.771. The van der Waals surface area contributed by atoms with Gasteiger partial charge >= 0.3 is 5.97 Å². The molecule has 0 aliphatic rings. The summed E-state index contributed by atoms with van der Waals surface area (Å²) in [6.45, 7) is 4.49. The maximum Gasteiger partial charge on any atom is 0.327 e. The van der Waals surface area contributed by atoms with E-state index in [1.54, 1.807) is 19.1 Å². The first kappa shape index (κ1) is 12.5. The smallest absolute Gasteiger partial charge is 0.327 e. The molecule has 4 nitrogen and oxygen atoms in total. The van der Waals surface area contributed by atoms with Crippen molar-refractivity contribution in [2.24, 2.45) is 5.73 Å². The fourth-order valence-electron chi connectivity index (χ4n) is 1.38. The van der Waals surface area contributed by atoms with Gasteiger partial charge in [0.1, 0.15) is 11.8 Å². The monoisotopic (exact) mass is 223 g/mol. The summed E-state index contributed by atoms with van der Waals surface area (Å²) in [5, 5.41) is 0. The highest BCUT2D eigenvalue weighted by molar-refractivity contribution is 5.78. The van der Waals surface area contributed by atoms with Gasteiger partial charge in [0.25, 0.3) is 0 Å². The highest BCUT2D eigenvalue weighted by Crippen LogP contribution is 2.24. The van der Waals surface area contributed by atoms with Gasteiger partial charge in [0.15, 0.2) is 0 Å². The molecule has 1 aromatic carbocycles. The summed E-state index contributed by atoms with van der Waals surface area (Å²) in [5.74, 6) is 0.195. The molecule has 1 rings (SSSR count). The van der Waals surface area contributed by atoms with E-state index >= 15 is 0 Å². The Labute approximate surface area is 95.3 Å². The number of rotatable bonds is 5. The second-order valence-corrected chi connectivity index (χ2v) is 3.20. The van der Waals surface area contributed by atoms with E-state index in [1.165, 1.54) is 0 Å². The molecule has 0 fully saturated rings. The molecule has 0 spiro atoms. The Morgan fingerprint density at radius 3 is 2.62 bits per heavy atom. The summed E-state index contributed by atoms with van der Waals surface area (Å²) in [7, 11) is 0. The Hall–Kier alpha value is -1.55. The van der Waals surface area contributed by atoms with Crippen molar-refractivity contribution in [2.75, 3.05) is 13.2 Å². The van der Waals surface area contributed by atoms with Crippen LogP contribution in [0.2, 0.25) is 0 Å². The van der Waals surface area contributed by atoms with Crippen molar-refractivity contribution in [1.29, 1.82) is 0 Å². The lowest BCUT2D eigenvalue weighted by molar-refractivity contribution is -0.144. The molecule has 0 saturated heterocycles. The molecule has 0 aromatic heterocycles. The molecule has 0 aliphatic carbocycles. The zero-order chi connectivity index (χ0) is 12.0. The summed E-state index contributed by atoms with van der Waals surface area (Å²) in [5.41, 5.74) is 6.46. The number of nitrogens with two attached hydrogens (primary N) is 1. The summed E-state index contributed by atoms with van der Waals surface area (Å²) >= 11 is 0. The molecule has 0 radical (unpaired) electrons. The van der Waals surface area contributed by atoms with E-state index < -0.39 is 12.0 Å². The minimum atomic E-state index is -0.789. The van der Waals surface area contributed by atoms with Crippen molar-refractivity contribution in [2.45, 2.75) is 19.9 Å². The van der Waals surface area contributed by atoms with Gasteiger partial charge in [0, 0.05) is 5.56 Å². The number of hydrogen-bond donors (Lipinski definition) is 1. The van der Waals surface area contributed by atoms with Gasteiger partial charge in [-0.15, -0.1) is 0 Å². The van der Waals surface area contributed by atoms with Gasteiger partial charge in [-0.2, -0.15) is 0 Å². The van der Waals surface area contributed by atoms with E-state index in [0.717, 1.165) is 0 Å². The van der Waals surface area contributed by atoms with Gasteiger partial charge in [-0.3, -0.25) is 0 Å². The Morgan fingerprint density at radius 1 is 1.31 bits per heavy atom. The molecule has 88 valence electrons. The van der Waals surface area contributed by atoms with Crippen LogP contribution in [0.4, 0.5) is 0 Å². The van der Waals surface area contributed by atoms with Gasteiger partial charge in [0.05, 0.1) is 13.2 Å². The Morgan fingerprint density at radius 2 is 2.00 bits per heavy atom. The van der Waals surface area contributed by atoms with Crippen molar-refractivity contribution in [3.05, 3.63) is 29.8 Å². The van der Waals surface area contributed by atoms with Crippen molar-refractivity contribution >= 4 is 5.97 Å². The highest BCUT2D eigenvalue weighted by Gasteiger charge is 2.20. The Bertz CT molecular complexity index is 352. The number of para-hydroxylation sites is 1. The first-order valence-electron chi connectivity index (χ1n) is 5.34. The van der Waals surface area contributed by atoms with Gasteiger partial charge < -0.3 is 15.2 Å². The second kappa shape index (κ2) is 6.12. The van der Waals surface area contributed by atoms with Crippen LogP contribution in [-0.4, -0.2) is 19.2 Å². The molecule has 0 bridgehead atoms. The van der Waals surface area contributed by atoms with Gasteiger partial charge in [-0.05, 0) is 19.9 Å². The molecule has 16 heavy (non-hydrogen) atoms. The first-order valence-corrected chi connectivity index (χ1v) is 5.34. The Kier molecular flexibility index (Phi) is 4.79. The van der Waals surface area contributed by atoms with E-state index in [1.807, 2.05) is 19.1 Å². The molecule has 0 saturated carbocycles. The zero-order valence-electron chi connectivity index (χ0n) is 9.60. The molecule has 1 atom stereocenters. The molecule has 0 aliphatic heterocycles. The van der Waals surface area contributed by atoms with Crippen molar-refractivity contribution in [3.63, 3.8) is 0 Å². The summed E-state index contributed by atoms with van der Waals surface area (Å²) in [6.07, 6.45) is 0. The predicted molar refractivity (Wildman–Crippen MR) is 61.2 cm³/mol. The maximum atomic E-state index is 11.5. The number of carbonyl (C=O) groups excluding carboxylic acids is 1. The van der Waals surface area contributed by atoms with Crippen LogP contribution in [-0.2, 0) is 9.53 Å². The minimum Gasteiger partial charge on any atom is -0.494 e. The number of ether oxygens (including phenoxy) is 2. The standard InChI is InChI=1S/C12H17NO3/c1-3-15-10-8-6-5-7-9(10)11(13)12(14)16-4-2/h5-8,11H,3-4,13H2,1-2H3. The molecular formula is C12H17NO3. The van der Waals surface area contributed by atoms with E-state index in [4.69, 9.17) is 15.2 Å². The molecule has 1 unspecified atom stereocenters. The average molecular weight is 223 g/mol. The van der Waals surface area contributed by atoms with Gasteiger partial charge in [-0.1, -0.05) is 18.2 Å². The van der Waals surface area contributed by atoms with Crippen LogP contribution in [0.3, 0.4) is 0 Å². The lowest BCUT2D eigenvalue weighted by atomic mass is 10.1. The van der Waals surface area contributed by atoms with E-state index in [9.17, 15) is 4.79 Å². The SMILES string of the molecule is CCOC(=O)C(N)c1ccccc1OCC. The summed E-state index contributed by atoms with van der Waals surface area (Å²) in [4.78, 5) is 11.5. The molecular weight excluding hydrogens is 206 g/mol. The van der Waals surface area contributed by atoms with Crippen LogP contribution >= 0.6 is 0 Å². The molecule has 2 N–H and O–H groups in total. The summed E-state index contributed by atoms with van der Waals surface area (Å²) in [6, 6.07) is 6.43.